The lowest BCUT2D eigenvalue weighted by Crippen LogP contribution is -2.03. The second kappa shape index (κ2) is 6.54. The molecule has 0 saturated carbocycles. The van der Waals surface area contributed by atoms with Gasteiger partial charge in [0.2, 0.25) is 0 Å². The monoisotopic (exact) mass is 297 g/mol. The van der Waals surface area contributed by atoms with Gasteiger partial charge in [0.15, 0.2) is 5.75 Å². The molecule has 0 atom stereocenters. The van der Waals surface area contributed by atoms with Crippen molar-refractivity contribution in [3.8, 4) is 5.75 Å². The molecule has 0 bridgehead atoms. The van der Waals surface area contributed by atoms with Crippen LogP contribution >= 0.6 is 22.9 Å². The minimum atomic E-state index is -0.448. The number of nitro benzene ring substituents is 1. The molecule has 0 aliphatic heterocycles. The Morgan fingerprint density at radius 2 is 2.21 bits per heavy atom. The maximum Gasteiger partial charge on any atom is 0.311 e. The molecule has 0 fully saturated rings. The number of nitro groups is 1. The zero-order valence-corrected chi connectivity index (χ0v) is 11.6. The first-order chi connectivity index (χ1) is 9.20. The van der Waals surface area contributed by atoms with Crippen LogP contribution in [0.15, 0.2) is 35.7 Å². The Balaban J connectivity index is 2.04. The van der Waals surface area contributed by atoms with Gasteiger partial charge in [0.25, 0.3) is 0 Å². The van der Waals surface area contributed by atoms with E-state index in [1.807, 2.05) is 17.5 Å². The molecule has 100 valence electrons. The number of benzene rings is 1. The molecular weight excluding hydrogens is 286 g/mol. The number of rotatable bonds is 6. The molecule has 0 radical (unpaired) electrons. The van der Waals surface area contributed by atoms with Crippen molar-refractivity contribution in [2.45, 2.75) is 12.3 Å². The average Bonchev–Trinajstić information content (AvgIpc) is 2.92. The highest BCUT2D eigenvalue weighted by Gasteiger charge is 2.15. The van der Waals surface area contributed by atoms with Crippen molar-refractivity contribution in [2.75, 3.05) is 6.61 Å². The van der Waals surface area contributed by atoms with Gasteiger partial charge in [0, 0.05) is 23.2 Å². The van der Waals surface area contributed by atoms with Crippen LogP contribution in [-0.4, -0.2) is 11.5 Å². The van der Waals surface area contributed by atoms with Crippen molar-refractivity contribution in [3.63, 3.8) is 0 Å². The number of thiophene rings is 1. The molecule has 1 heterocycles. The van der Waals surface area contributed by atoms with Gasteiger partial charge in [-0.15, -0.1) is 22.9 Å². The predicted molar refractivity (Wildman–Crippen MR) is 76.2 cm³/mol. The summed E-state index contributed by atoms with van der Waals surface area (Å²) in [5.41, 5.74) is 0.670. The van der Waals surface area contributed by atoms with E-state index >= 15 is 0 Å². The van der Waals surface area contributed by atoms with Gasteiger partial charge < -0.3 is 4.74 Å². The molecule has 0 N–H and O–H groups in total. The van der Waals surface area contributed by atoms with Crippen LogP contribution in [0.4, 0.5) is 5.69 Å². The standard InChI is InChI=1S/C13H12ClNO3S/c14-9-10-3-4-13(12(8-10)15(16)17)18-6-5-11-2-1-7-19-11/h1-4,7-8H,5-6,9H2. The smallest absolute Gasteiger partial charge is 0.311 e. The Hall–Kier alpha value is -1.59. The minimum Gasteiger partial charge on any atom is -0.486 e. The Morgan fingerprint density at radius 1 is 1.37 bits per heavy atom. The summed E-state index contributed by atoms with van der Waals surface area (Å²) < 4.78 is 5.49. The first-order valence-corrected chi connectivity index (χ1v) is 7.10. The fourth-order valence-electron chi connectivity index (χ4n) is 1.63. The van der Waals surface area contributed by atoms with Gasteiger partial charge in [-0.05, 0) is 23.1 Å². The second-order valence-corrected chi connectivity index (χ2v) is 5.17. The molecule has 0 saturated heterocycles. The van der Waals surface area contributed by atoms with Gasteiger partial charge in [-0.25, -0.2) is 0 Å². The molecule has 0 spiro atoms. The summed E-state index contributed by atoms with van der Waals surface area (Å²) in [5, 5.41) is 13.0. The van der Waals surface area contributed by atoms with Crippen molar-refractivity contribution in [1.82, 2.24) is 0 Å². The highest BCUT2D eigenvalue weighted by Crippen LogP contribution is 2.28. The molecule has 4 nitrogen and oxygen atoms in total. The lowest BCUT2D eigenvalue weighted by atomic mass is 10.2. The van der Waals surface area contributed by atoms with Crippen molar-refractivity contribution >= 4 is 28.6 Å². The summed E-state index contributed by atoms with van der Waals surface area (Å²) >= 11 is 7.31. The van der Waals surface area contributed by atoms with E-state index in [9.17, 15) is 10.1 Å². The fourth-order valence-corrected chi connectivity index (χ4v) is 2.48. The highest BCUT2D eigenvalue weighted by molar-refractivity contribution is 7.09. The third kappa shape index (κ3) is 3.68. The normalized spacial score (nSPS) is 10.4. The van der Waals surface area contributed by atoms with Crippen LogP contribution in [0, 0.1) is 10.1 Å². The maximum absolute atomic E-state index is 11.0. The Bertz CT molecular complexity index is 557. The van der Waals surface area contributed by atoms with E-state index in [4.69, 9.17) is 16.3 Å². The topological polar surface area (TPSA) is 52.4 Å². The zero-order valence-electron chi connectivity index (χ0n) is 10.0. The lowest BCUT2D eigenvalue weighted by molar-refractivity contribution is -0.385. The third-order valence-electron chi connectivity index (χ3n) is 2.56. The number of nitrogens with zero attached hydrogens (tertiary/aromatic N) is 1. The molecule has 6 heteroatoms. The molecule has 0 aliphatic rings. The van der Waals surface area contributed by atoms with Crippen LogP contribution in [-0.2, 0) is 12.3 Å². The van der Waals surface area contributed by atoms with Crippen LogP contribution < -0.4 is 4.74 Å². The van der Waals surface area contributed by atoms with Gasteiger partial charge in [-0.2, -0.15) is 0 Å². The first-order valence-electron chi connectivity index (χ1n) is 5.69. The summed E-state index contributed by atoms with van der Waals surface area (Å²) in [4.78, 5) is 11.7. The van der Waals surface area contributed by atoms with E-state index in [0.29, 0.717) is 12.2 Å². The van der Waals surface area contributed by atoms with E-state index in [1.165, 1.54) is 10.9 Å². The fraction of sp³-hybridized carbons (Fsp3) is 0.231. The summed E-state index contributed by atoms with van der Waals surface area (Å²) in [6.45, 7) is 0.418. The molecule has 0 unspecified atom stereocenters. The number of ether oxygens (including phenoxy) is 1. The quantitative estimate of drug-likeness (QED) is 0.460. The Kier molecular flexibility index (Phi) is 4.76. The molecule has 0 amide bonds. The SMILES string of the molecule is O=[N+]([O-])c1cc(CCl)ccc1OCCc1cccs1. The van der Waals surface area contributed by atoms with Crippen molar-refractivity contribution in [2.24, 2.45) is 0 Å². The van der Waals surface area contributed by atoms with Gasteiger partial charge >= 0.3 is 5.69 Å². The van der Waals surface area contributed by atoms with Crippen molar-refractivity contribution < 1.29 is 9.66 Å². The predicted octanol–water partition coefficient (Wildman–Crippen LogP) is 4.02. The molecular formula is C13H12ClNO3S. The number of halogens is 1. The van der Waals surface area contributed by atoms with Crippen LogP contribution in [0.25, 0.3) is 0 Å². The summed E-state index contributed by atoms with van der Waals surface area (Å²) in [6.07, 6.45) is 0.742. The van der Waals surface area contributed by atoms with Gasteiger partial charge in [-0.1, -0.05) is 12.1 Å². The Labute approximate surface area is 119 Å². The average molecular weight is 298 g/mol. The van der Waals surface area contributed by atoms with Crippen LogP contribution in [0.5, 0.6) is 5.75 Å². The largest absolute Gasteiger partial charge is 0.486 e. The minimum absolute atomic E-state index is 0.0377. The lowest BCUT2D eigenvalue weighted by Gasteiger charge is -2.07. The van der Waals surface area contributed by atoms with Gasteiger partial charge in [-0.3, -0.25) is 10.1 Å². The molecule has 2 aromatic rings. The van der Waals surface area contributed by atoms with E-state index in [-0.39, 0.29) is 17.3 Å². The number of hydrogen-bond acceptors (Lipinski definition) is 4. The number of alkyl halides is 1. The highest BCUT2D eigenvalue weighted by atomic mass is 35.5. The molecule has 1 aromatic carbocycles. The van der Waals surface area contributed by atoms with Crippen LogP contribution in [0.3, 0.4) is 0 Å². The first kappa shape index (κ1) is 13.8. The van der Waals surface area contributed by atoms with E-state index in [2.05, 4.69) is 0 Å². The van der Waals surface area contributed by atoms with Crippen LogP contribution in [0.1, 0.15) is 10.4 Å². The van der Waals surface area contributed by atoms with E-state index < -0.39 is 4.92 Å². The molecule has 0 aliphatic carbocycles. The Morgan fingerprint density at radius 3 is 2.84 bits per heavy atom. The van der Waals surface area contributed by atoms with Crippen molar-refractivity contribution in [3.05, 3.63) is 56.3 Å². The summed E-state index contributed by atoms with van der Waals surface area (Å²) in [7, 11) is 0. The van der Waals surface area contributed by atoms with Crippen molar-refractivity contribution in [1.29, 1.82) is 0 Å². The maximum atomic E-state index is 11.0. The third-order valence-corrected chi connectivity index (χ3v) is 3.81. The molecule has 19 heavy (non-hydrogen) atoms. The summed E-state index contributed by atoms with van der Waals surface area (Å²) in [5.74, 6) is 0.534. The molecule has 2 rings (SSSR count). The zero-order chi connectivity index (χ0) is 13.7. The second-order valence-electron chi connectivity index (χ2n) is 3.87. The van der Waals surface area contributed by atoms with E-state index in [1.54, 1.807) is 23.5 Å². The van der Waals surface area contributed by atoms with Gasteiger partial charge in [0.05, 0.1) is 11.5 Å². The van der Waals surface area contributed by atoms with Gasteiger partial charge in [0.1, 0.15) is 0 Å². The number of hydrogen-bond donors (Lipinski definition) is 0. The van der Waals surface area contributed by atoms with Crippen LogP contribution in [0.2, 0.25) is 0 Å². The van der Waals surface area contributed by atoms with E-state index in [0.717, 1.165) is 6.42 Å². The molecule has 1 aromatic heterocycles. The summed E-state index contributed by atoms with van der Waals surface area (Å²) in [6, 6.07) is 8.77.